The van der Waals surface area contributed by atoms with E-state index < -0.39 is 5.91 Å². The van der Waals surface area contributed by atoms with Gasteiger partial charge in [0.2, 0.25) is 0 Å². The molecule has 0 radical (unpaired) electrons. The minimum absolute atomic E-state index is 0.339. The Morgan fingerprint density at radius 2 is 2.16 bits per heavy atom. The van der Waals surface area contributed by atoms with E-state index in [2.05, 4.69) is 23.8 Å². The van der Waals surface area contributed by atoms with Crippen LogP contribution in [0.25, 0.3) is 0 Å². The molecular weight excluding hydrogens is 264 g/mol. The van der Waals surface area contributed by atoms with Gasteiger partial charge >= 0.3 is 0 Å². The second-order valence-corrected chi connectivity index (χ2v) is 5.85. The molecule has 1 unspecified atom stereocenters. The summed E-state index contributed by atoms with van der Waals surface area (Å²) in [7, 11) is 3.66. The maximum atomic E-state index is 11.4. The molecule has 1 aromatic rings. The lowest BCUT2D eigenvalue weighted by Gasteiger charge is -2.39. The zero-order valence-electron chi connectivity index (χ0n) is 11.5. The fraction of sp³-hybridized carbons (Fsp3) is 0.583. The highest BCUT2D eigenvalue weighted by atomic mass is 32.1. The molecule has 2 heterocycles. The van der Waals surface area contributed by atoms with Gasteiger partial charge in [-0.1, -0.05) is 0 Å². The van der Waals surface area contributed by atoms with Gasteiger partial charge in [0.05, 0.1) is 7.11 Å². The average Bonchev–Trinajstić information content (AvgIpc) is 2.66. The molecule has 1 atom stereocenters. The van der Waals surface area contributed by atoms with Gasteiger partial charge in [-0.2, -0.15) is 0 Å². The smallest absolute Gasteiger partial charge is 0.261 e. The summed E-state index contributed by atoms with van der Waals surface area (Å²) in [6, 6.07) is 0.339. The molecule has 1 aliphatic heterocycles. The van der Waals surface area contributed by atoms with Crippen LogP contribution in [0.3, 0.4) is 0 Å². The van der Waals surface area contributed by atoms with E-state index in [4.69, 9.17) is 16.2 Å². The maximum Gasteiger partial charge on any atom is 0.261 e. The van der Waals surface area contributed by atoms with Crippen LogP contribution < -0.4 is 21.1 Å². The van der Waals surface area contributed by atoms with Crippen molar-refractivity contribution in [3.8, 4) is 5.75 Å². The van der Waals surface area contributed by atoms with Gasteiger partial charge in [0.25, 0.3) is 5.91 Å². The van der Waals surface area contributed by atoms with Crippen molar-refractivity contribution in [2.75, 3.05) is 44.4 Å². The van der Waals surface area contributed by atoms with Crippen LogP contribution in [-0.2, 0) is 0 Å². The molecule has 1 aliphatic rings. The number of nitrogens with two attached hydrogens (primary N) is 2. The molecule has 0 aliphatic carbocycles. The SMILES string of the molecule is COc1c(N2CCN(C)CC2C)sc(C(N)=O)c1N. The first-order valence-electron chi connectivity index (χ1n) is 6.17. The van der Waals surface area contributed by atoms with Crippen molar-refractivity contribution >= 4 is 27.9 Å². The summed E-state index contributed by atoms with van der Waals surface area (Å²) in [5, 5.41) is 0.898. The third kappa shape index (κ3) is 2.48. The van der Waals surface area contributed by atoms with Crippen molar-refractivity contribution in [3.05, 3.63) is 4.88 Å². The molecule has 6 nitrogen and oxygen atoms in total. The van der Waals surface area contributed by atoms with Gasteiger partial charge in [-0.3, -0.25) is 4.79 Å². The number of amides is 1. The minimum atomic E-state index is -0.506. The minimum Gasteiger partial charge on any atom is -0.492 e. The maximum absolute atomic E-state index is 11.4. The molecule has 1 aromatic heterocycles. The number of carbonyl (C=O) groups excluding carboxylic acids is 1. The zero-order valence-corrected chi connectivity index (χ0v) is 12.3. The van der Waals surface area contributed by atoms with Gasteiger partial charge in [0.15, 0.2) is 5.75 Å². The van der Waals surface area contributed by atoms with E-state index >= 15 is 0 Å². The molecule has 0 bridgehead atoms. The predicted molar refractivity (Wildman–Crippen MR) is 78.1 cm³/mol. The average molecular weight is 284 g/mol. The van der Waals surface area contributed by atoms with Crippen LogP contribution in [-0.4, -0.2) is 50.6 Å². The topological polar surface area (TPSA) is 84.8 Å². The van der Waals surface area contributed by atoms with Crippen molar-refractivity contribution in [2.24, 2.45) is 5.73 Å². The summed E-state index contributed by atoms with van der Waals surface area (Å²) in [6.07, 6.45) is 0. The normalized spacial score (nSPS) is 20.6. The summed E-state index contributed by atoms with van der Waals surface area (Å²) in [5.41, 5.74) is 11.6. The quantitative estimate of drug-likeness (QED) is 0.848. The third-order valence-electron chi connectivity index (χ3n) is 3.40. The number of hydrogen-bond acceptors (Lipinski definition) is 6. The molecule has 7 heteroatoms. The number of primary amides is 1. The number of thiophene rings is 1. The van der Waals surface area contributed by atoms with Gasteiger partial charge < -0.3 is 26.0 Å². The highest BCUT2D eigenvalue weighted by Crippen LogP contribution is 2.45. The Morgan fingerprint density at radius 1 is 1.47 bits per heavy atom. The Hall–Kier alpha value is -1.47. The van der Waals surface area contributed by atoms with Crippen molar-refractivity contribution in [1.82, 2.24) is 4.90 Å². The highest BCUT2D eigenvalue weighted by Gasteiger charge is 2.29. The second kappa shape index (κ2) is 5.26. The molecule has 0 spiro atoms. The number of methoxy groups -OCH3 is 1. The summed E-state index contributed by atoms with van der Waals surface area (Å²) in [6.45, 7) is 4.96. The Morgan fingerprint density at radius 3 is 2.68 bits per heavy atom. The summed E-state index contributed by atoms with van der Waals surface area (Å²) >= 11 is 1.31. The number of hydrogen-bond donors (Lipinski definition) is 2. The van der Waals surface area contributed by atoms with E-state index in [1.165, 1.54) is 11.3 Å². The van der Waals surface area contributed by atoms with E-state index in [0.717, 1.165) is 24.6 Å². The number of likely N-dealkylation sites (N-methyl/N-ethyl adjacent to an activating group) is 1. The molecule has 4 N–H and O–H groups in total. The highest BCUT2D eigenvalue weighted by molar-refractivity contribution is 7.19. The van der Waals surface area contributed by atoms with Crippen molar-refractivity contribution in [1.29, 1.82) is 0 Å². The first-order valence-corrected chi connectivity index (χ1v) is 6.98. The Labute approximate surface area is 116 Å². The van der Waals surface area contributed by atoms with Crippen molar-refractivity contribution in [3.63, 3.8) is 0 Å². The number of nitrogens with zero attached hydrogens (tertiary/aromatic N) is 2. The summed E-state index contributed by atoms with van der Waals surface area (Å²) < 4.78 is 5.36. The summed E-state index contributed by atoms with van der Waals surface area (Å²) in [4.78, 5) is 16.3. The number of nitrogen functional groups attached to an aromatic ring is 1. The van der Waals surface area contributed by atoms with Crippen LogP contribution >= 0.6 is 11.3 Å². The molecule has 1 saturated heterocycles. The van der Waals surface area contributed by atoms with Gasteiger partial charge in [-0.15, -0.1) is 11.3 Å². The number of rotatable bonds is 3. The third-order valence-corrected chi connectivity index (χ3v) is 4.64. The molecule has 2 rings (SSSR count). The van der Waals surface area contributed by atoms with E-state index in [9.17, 15) is 4.79 Å². The van der Waals surface area contributed by atoms with E-state index in [1.54, 1.807) is 7.11 Å². The largest absolute Gasteiger partial charge is 0.492 e. The van der Waals surface area contributed by atoms with Gasteiger partial charge in [0, 0.05) is 25.7 Å². The summed E-state index contributed by atoms with van der Waals surface area (Å²) in [5.74, 6) is 0.0593. The lowest BCUT2D eigenvalue weighted by molar-refractivity contribution is 0.100. The van der Waals surface area contributed by atoms with Gasteiger partial charge in [-0.05, 0) is 14.0 Å². The molecule has 106 valence electrons. The lowest BCUT2D eigenvalue weighted by Crippen LogP contribution is -2.50. The fourth-order valence-electron chi connectivity index (χ4n) is 2.43. The monoisotopic (exact) mass is 284 g/mol. The van der Waals surface area contributed by atoms with Crippen LogP contribution in [0.4, 0.5) is 10.7 Å². The number of piperazine rings is 1. The van der Waals surface area contributed by atoms with Crippen LogP contribution in [0, 0.1) is 0 Å². The Balaban J connectivity index is 2.39. The van der Waals surface area contributed by atoms with E-state index in [1.807, 2.05) is 0 Å². The van der Waals surface area contributed by atoms with Crippen LogP contribution in [0.1, 0.15) is 16.6 Å². The fourth-order valence-corrected chi connectivity index (χ4v) is 3.60. The molecule has 0 aromatic carbocycles. The van der Waals surface area contributed by atoms with Crippen molar-refractivity contribution < 1.29 is 9.53 Å². The van der Waals surface area contributed by atoms with Crippen LogP contribution in [0.15, 0.2) is 0 Å². The van der Waals surface area contributed by atoms with Gasteiger partial charge in [0.1, 0.15) is 15.6 Å². The van der Waals surface area contributed by atoms with Crippen LogP contribution in [0.2, 0.25) is 0 Å². The Kier molecular flexibility index (Phi) is 3.86. The number of ether oxygens (including phenoxy) is 1. The van der Waals surface area contributed by atoms with E-state index in [-0.39, 0.29) is 0 Å². The molecule has 19 heavy (non-hydrogen) atoms. The van der Waals surface area contributed by atoms with E-state index in [0.29, 0.717) is 22.4 Å². The first kappa shape index (κ1) is 14.0. The van der Waals surface area contributed by atoms with Crippen molar-refractivity contribution in [2.45, 2.75) is 13.0 Å². The lowest BCUT2D eigenvalue weighted by atomic mass is 10.2. The van der Waals surface area contributed by atoms with Crippen LogP contribution in [0.5, 0.6) is 5.75 Å². The molecular formula is C12H20N4O2S. The standard InChI is InChI=1S/C12H20N4O2S/c1-7-6-15(2)4-5-16(7)12-9(18-3)8(13)10(19-12)11(14)17/h7H,4-6,13H2,1-3H3,(H2,14,17). The number of anilines is 2. The Bertz CT molecular complexity index is 488. The molecule has 1 fully saturated rings. The molecule has 0 saturated carbocycles. The zero-order chi connectivity index (χ0) is 14.2. The van der Waals surface area contributed by atoms with Gasteiger partial charge in [-0.25, -0.2) is 0 Å². The second-order valence-electron chi connectivity index (χ2n) is 4.85. The molecule has 1 amide bonds. The first-order chi connectivity index (χ1) is 8.95. The number of carbonyl (C=O) groups is 1. The predicted octanol–water partition coefficient (Wildman–Crippen LogP) is 0.578.